The molecule has 1 amide bonds. The molecule has 1 aliphatic rings. The van der Waals surface area contributed by atoms with Gasteiger partial charge in [0, 0.05) is 37.2 Å². The highest BCUT2D eigenvalue weighted by Crippen LogP contribution is 2.30. The number of carbonyl (C=O) groups is 1. The fourth-order valence-electron chi connectivity index (χ4n) is 3.10. The molecule has 0 spiro atoms. The number of nitrogens with zero attached hydrogens (tertiary/aromatic N) is 2. The summed E-state index contributed by atoms with van der Waals surface area (Å²) >= 11 is 1.62. The van der Waals surface area contributed by atoms with Gasteiger partial charge in [-0.05, 0) is 54.3 Å². The average molecular weight is 471 g/mol. The van der Waals surface area contributed by atoms with Crippen LogP contribution in [0.2, 0.25) is 0 Å². The summed E-state index contributed by atoms with van der Waals surface area (Å²) in [4.78, 5) is 14.9. The first-order chi connectivity index (χ1) is 14.6. The second kappa shape index (κ2) is 9.46. The molecule has 0 N–H and O–H groups in total. The van der Waals surface area contributed by atoms with Crippen LogP contribution in [0.3, 0.4) is 0 Å². The molecule has 31 heavy (non-hydrogen) atoms. The van der Waals surface area contributed by atoms with Crippen LogP contribution >= 0.6 is 11.8 Å². The van der Waals surface area contributed by atoms with Crippen LogP contribution in [0, 0.1) is 0 Å². The Morgan fingerprint density at radius 1 is 0.968 bits per heavy atom. The predicted molar refractivity (Wildman–Crippen MR) is 114 cm³/mol. The molecule has 5 nitrogen and oxygen atoms in total. The summed E-state index contributed by atoms with van der Waals surface area (Å²) in [5.41, 5.74) is -0.0218. The Morgan fingerprint density at radius 3 is 2.06 bits per heavy atom. The number of thioether (sulfide) groups is 1. The summed E-state index contributed by atoms with van der Waals surface area (Å²) in [7, 11) is -3.93. The summed E-state index contributed by atoms with van der Waals surface area (Å²) in [6.45, 7) is 0.555. The van der Waals surface area contributed by atoms with Gasteiger partial charge >= 0.3 is 6.18 Å². The topological polar surface area (TPSA) is 57.7 Å². The number of sulfonamides is 1. The maximum Gasteiger partial charge on any atom is 0.416 e. The van der Waals surface area contributed by atoms with Gasteiger partial charge in [-0.3, -0.25) is 4.79 Å². The number of hydrogen-bond acceptors (Lipinski definition) is 4. The molecule has 0 bridgehead atoms. The number of carbonyl (C=O) groups excluding carboxylic acids is 1. The monoisotopic (exact) mass is 470 g/mol. The number of amides is 1. The molecule has 166 valence electrons. The molecule has 0 radical (unpaired) electrons. The van der Waals surface area contributed by atoms with E-state index < -0.39 is 21.8 Å². The van der Waals surface area contributed by atoms with E-state index in [4.69, 9.17) is 0 Å². The van der Waals surface area contributed by atoms with E-state index in [0.29, 0.717) is 0 Å². The Morgan fingerprint density at radius 2 is 1.55 bits per heavy atom. The van der Waals surface area contributed by atoms with Crippen LogP contribution in [0.1, 0.15) is 11.1 Å². The van der Waals surface area contributed by atoms with Gasteiger partial charge in [0.05, 0.1) is 10.5 Å². The molecule has 0 atom stereocenters. The van der Waals surface area contributed by atoms with Crippen LogP contribution in [-0.4, -0.2) is 56.0 Å². The molecule has 1 fully saturated rings. The maximum atomic E-state index is 12.7. The van der Waals surface area contributed by atoms with Crippen molar-refractivity contribution in [1.29, 1.82) is 0 Å². The van der Waals surface area contributed by atoms with Gasteiger partial charge in [-0.1, -0.05) is 12.1 Å². The van der Waals surface area contributed by atoms with E-state index in [-0.39, 0.29) is 37.0 Å². The summed E-state index contributed by atoms with van der Waals surface area (Å²) in [5.74, 6) is -0.222. The lowest BCUT2D eigenvalue weighted by Gasteiger charge is -2.33. The molecule has 0 saturated carbocycles. The number of hydrogen-bond donors (Lipinski definition) is 0. The quantitative estimate of drug-likeness (QED) is 0.490. The van der Waals surface area contributed by atoms with Gasteiger partial charge in [-0.2, -0.15) is 17.5 Å². The lowest BCUT2D eigenvalue weighted by molar-refractivity contribution is -0.137. The minimum absolute atomic E-state index is 0.0748. The van der Waals surface area contributed by atoms with Gasteiger partial charge in [0.2, 0.25) is 15.9 Å². The van der Waals surface area contributed by atoms with E-state index in [0.717, 1.165) is 34.7 Å². The number of benzene rings is 2. The molecule has 1 saturated heterocycles. The number of piperazine rings is 1. The van der Waals surface area contributed by atoms with Crippen molar-refractivity contribution in [2.45, 2.75) is 16.0 Å². The summed E-state index contributed by atoms with van der Waals surface area (Å²) < 4.78 is 64.7. The molecule has 0 aromatic heterocycles. The molecule has 2 aromatic carbocycles. The Balaban J connectivity index is 1.60. The summed E-state index contributed by atoms with van der Waals surface area (Å²) in [6.07, 6.45) is 0.608. The maximum absolute atomic E-state index is 12.7. The molecule has 0 aliphatic carbocycles. The lowest BCUT2D eigenvalue weighted by Crippen LogP contribution is -2.50. The Bertz CT molecular complexity index is 1040. The first kappa shape index (κ1) is 23.4. The van der Waals surface area contributed by atoms with Gasteiger partial charge in [0.1, 0.15) is 0 Å². The van der Waals surface area contributed by atoms with Crippen molar-refractivity contribution in [1.82, 2.24) is 9.21 Å². The third-order valence-electron chi connectivity index (χ3n) is 4.90. The SMILES string of the molecule is CSc1ccc(/C=C/C(=O)N2CCN(S(=O)(=O)c3ccc(C(F)(F)F)cc3)CC2)cc1. The van der Waals surface area contributed by atoms with Crippen molar-refractivity contribution in [3.63, 3.8) is 0 Å². The summed E-state index contributed by atoms with van der Waals surface area (Å²) in [5, 5.41) is 0. The van der Waals surface area contributed by atoms with Crippen molar-refractivity contribution in [2.24, 2.45) is 0 Å². The Hall–Kier alpha value is -2.30. The molecule has 1 aliphatic heterocycles. The fraction of sp³-hybridized carbons (Fsp3) is 0.286. The largest absolute Gasteiger partial charge is 0.416 e. The first-order valence-electron chi connectivity index (χ1n) is 9.40. The molecule has 3 rings (SSSR count). The van der Waals surface area contributed by atoms with Gasteiger partial charge in [-0.25, -0.2) is 8.42 Å². The molecule has 0 unspecified atom stereocenters. The normalized spacial score (nSPS) is 16.1. The second-order valence-electron chi connectivity index (χ2n) is 6.86. The van der Waals surface area contributed by atoms with E-state index in [1.54, 1.807) is 22.7 Å². The van der Waals surface area contributed by atoms with Gasteiger partial charge in [0.25, 0.3) is 0 Å². The average Bonchev–Trinajstić information content (AvgIpc) is 2.77. The van der Waals surface area contributed by atoms with Gasteiger partial charge < -0.3 is 4.90 Å². The van der Waals surface area contributed by atoms with Crippen LogP contribution in [0.4, 0.5) is 13.2 Å². The zero-order valence-corrected chi connectivity index (χ0v) is 18.3. The Labute approximate surface area is 183 Å². The fourth-order valence-corrected chi connectivity index (χ4v) is 4.93. The zero-order valence-electron chi connectivity index (χ0n) is 16.7. The standard InChI is InChI=1S/C21H21F3N2O3S2/c1-30-18-7-2-16(3-8-18)4-11-20(27)25-12-14-26(15-13-25)31(28,29)19-9-5-17(6-10-19)21(22,23)24/h2-11H,12-15H2,1H3/b11-4+. The Kier molecular flexibility index (Phi) is 7.13. The van der Waals surface area contributed by atoms with Crippen molar-refractivity contribution >= 4 is 33.8 Å². The lowest BCUT2D eigenvalue weighted by atomic mass is 10.2. The van der Waals surface area contributed by atoms with Crippen molar-refractivity contribution in [3.05, 3.63) is 65.7 Å². The highest BCUT2D eigenvalue weighted by molar-refractivity contribution is 7.98. The van der Waals surface area contributed by atoms with E-state index in [1.165, 1.54) is 10.4 Å². The van der Waals surface area contributed by atoms with Crippen molar-refractivity contribution in [3.8, 4) is 0 Å². The number of rotatable bonds is 5. The molecule has 1 heterocycles. The van der Waals surface area contributed by atoms with E-state index in [1.807, 2.05) is 30.5 Å². The first-order valence-corrected chi connectivity index (χ1v) is 12.1. The van der Waals surface area contributed by atoms with Crippen molar-refractivity contribution < 1.29 is 26.4 Å². The molecule has 2 aromatic rings. The van der Waals surface area contributed by atoms with Crippen LogP contribution in [0.5, 0.6) is 0 Å². The smallest absolute Gasteiger partial charge is 0.337 e. The third kappa shape index (κ3) is 5.69. The number of alkyl halides is 3. The van der Waals surface area contributed by atoms with E-state index in [2.05, 4.69) is 0 Å². The third-order valence-corrected chi connectivity index (χ3v) is 7.56. The van der Waals surface area contributed by atoms with E-state index in [9.17, 15) is 26.4 Å². The highest BCUT2D eigenvalue weighted by atomic mass is 32.2. The van der Waals surface area contributed by atoms with Gasteiger partial charge in [0.15, 0.2) is 0 Å². The molecular formula is C21H21F3N2O3S2. The predicted octanol–water partition coefficient (Wildman–Crippen LogP) is 3.97. The summed E-state index contributed by atoms with van der Waals surface area (Å²) in [6, 6.07) is 11.2. The van der Waals surface area contributed by atoms with Gasteiger partial charge in [-0.15, -0.1) is 11.8 Å². The molecule has 10 heteroatoms. The van der Waals surface area contributed by atoms with Crippen LogP contribution in [-0.2, 0) is 21.0 Å². The zero-order chi connectivity index (χ0) is 22.6. The van der Waals surface area contributed by atoms with E-state index >= 15 is 0 Å². The minimum atomic E-state index is -4.53. The van der Waals surface area contributed by atoms with Crippen LogP contribution in [0.25, 0.3) is 6.08 Å². The molecular weight excluding hydrogens is 449 g/mol. The second-order valence-corrected chi connectivity index (χ2v) is 9.68. The van der Waals surface area contributed by atoms with Crippen LogP contribution in [0.15, 0.2) is 64.4 Å². The van der Waals surface area contributed by atoms with Crippen LogP contribution < -0.4 is 0 Å². The minimum Gasteiger partial charge on any atom is -0.337 e. The number of halogens is 3. The highest BCUT2D eigenvalue weighted by Gasteiger charge is 2.33. The van der Waals surface area contributed by atoms with Crippen molar-refractivity contribution in [2.75, 3.05) is 32.4 Å².